The summed E-state index contributed by atoms with van der Waals surface area (Å²) in [5.74, 6) is 0.196. The van der Waals surface area contributed by atoms with Gasteiger partial charge in [-0.1, -0.05) is 78.8 Å². The number of ether oxygens (including phenoxy) is 2. The summed E-state index contributed by atoms with van der Waals surface area (Å²) < 4.78 is 11.7. The SMILES string of the molecule is CCC(C)(C)OC(=O)c1cccc(C(=O)Oc2c(C)cc(C3(c4cc(C)c(C(C)(C)CC)c(C)c4)CC(C)CC(C)(C)C3)cc2C)c1. The number of hydrogen-bond acceptors (Lipinski definition) is 4. The molecule has 0 spiro atoms. The van der Waals surface area contributed by atoms with Crippen molar-refractivity contribution in [2.75, 3.05) is 0 Å². The van der Waals surface area contributed by atoms with E-state index in [1.54, 1.807) is 24.3 Å². The minimum Gasteiger partial charge on any atom is -0.456 e. The van der Waals surface area contributed by atoms with Crippen LogP contribution in [0.15, 0.2) is 48.5 Å². The average molecular weight is 639 g/mol. The lowest BCUT2D eigenvalue weighted by molar-refractivity contribution is -0.00244. The zero-order valence-electron chi connectivity index (χ0n) is 31.4. The Bertz CT molecular complexity index is 1610. The number of esters is 2. The number of carbonyl (C=O) groups excluding carboxylic acids is 2. The second-order valence-electron chi connectivity index (χ2n) is 16.6. The first-order valence-corrected chi connectivity index (χ1v) is 17.5. The standard InChI is InChI=1S/C43H58O4/c1-14-41(10,11)36-28(4)19-34(20-29(36)5)43(25-27(3)24-40(8,9)26-43)35-21-30(6)37(31(7)22-35)46-38(44)32-17-16-18-33(23-32)39(45)47-42(12,13)15-2/h16-23,27H,14-15,24-26H2,1-13H3. The zero-order chi connectivity index (χ0) is 35.1. The summed E-state index contributed by atoms with van der Waals surface area (Å²) in [6.45, 7) is 28.6. The maximum atomic E-state index is 13.5. The molecule has 3 aromatic rings. The maximum Gasteiger partial charge on any atom is 0.343 e. The van der Waals surface area contributed by atoms with E-state index in [2.05, 4.69) is 79.7 Å². The van der Waals surface area contributed by atoms with E-state index in [4.69, 9.17) is 9.47 Å². The largest absolute Gasteiger partial charge is 0.456 e. The van der Waals surface area contributed by atoms with Gasteiger partial charge in [0, 0.05) is 5.41 Å². The molecule has 1 aliphatic rings. The van der Waals surface area contributed by atoms with Gasteiger partial charge in [0.05, 0.1) is 11.1 Å². The van der Waals surface area contributed by atoms with Crippen LogP contribution in [0.25, 0.3) is 0 Å². The first-order valence-electron chi connectivity index (χ1n) is 17.5. The van der Waals surface area contributed by atoms with Gasteiger partial charge in [0.1, 0.15) is 11.4 Å². The minimum atomic E-state index is -0.586. The predicted molar refractivity (Wildman–Crippen MR) is 194 cm³/mol. The van der Waals surface area contributed by atoms with Crippen molar-refractivity contribution in [1.29, 1.82) is 0 Å². The number of hydrogen-bond donors (Lipinski definition) is 0. The Hall–Kier alpha value is -3.40. The van der Waals surface area contributed by atoms with Crippen LogP contribution < -0.4 is 4.74 Å². The molecule has 4 nitrogen and oxygen atoms in total. The van der Waals surface area contributed by atoms with Gasteiger partial charge in [0.15, 0.2) is 0 Å². The van der Waals surface area contributed by atoms with Crippen LogP contribution in [0, 0.1) is 39.0 Å². The third-order valence-corrected chi connectivity index (χ3v) is 10.8. The van der Waals surface area contributed by atoms with Crippen LogP contribution in [-0.2, 0) is 15.6 Å². The molecule has 0 heterocycles. The normalized spacial score (nSPS) is 19.7. The molecule has 0 saturated heterocycles. The van der Waals surface area contributed by atoms with E-state index in [0.29, 0.717) is 29.2 Å². The molecule has 0 bridgehead atoms. The molecule has 0 N–H and O–H groups in total. The molecule has 0 amide bonds. The minimum absolute atomic E-state index is 0.115. The van der Waals surface area contributed by atoms with Crippen LogP contribution in [0.5, 0.6) is 5.75 Å². The van der Waals surface area contributed by atoms with E-state index >= 15 is 0 Å². The summed E-state index contributed by atoms with van der Waals surface area (Å²) in [4.78, 5) is 26.3. The molecule has 1 saturated carbocycles. The van der Waals surface area contributed by atoms with Crippen molar-refractivity contribution >= 4 is 11.9 Å². The lowest BCUT2D eigenvalue weighted by Crippen LogP contribution is -2.41. The van der Waals surface area contributed by atoms with Gasteiger partial charge in [-0.2, -0.15) is 0 Å². The van der Waals surface area contributed by atoms with Crippen molar-refractivity contribution in [3.63, 3.8) is 0 Å². The molecule has 4 heteroatoms. The van der Waals surface area contributed by atoms with Crippen LogP contribution in [-0.4, -0.2) is 17.5 Å². The quantitative estimate of drug-likeness (QED) is 0.173. The van der Waals surface area contributed by atoms with Crippen LogP contribution in [0.1, 0.15) is 154 Å². The van der Waals surface area contributed by atoms with Gasteiger partial charge in [0.2, 0.25) is 0 Å². The first kappa shape index (κ1) is 36.4. The Balaban J connectivity index is 1.75. The molecule has 1 aliphatic carbocycles. The lowest BCUT2D eigenvalue weighted by Gasteiger charge is -2.49. The van der Waals surface area contributed by atoms with Gasteiger partial charge in [-0.15, -0.1) is 0 Å². The van der Waals surface area contributed by atoms with E-state index in [-0.39, 0.29) is 16.2 Å². The fraction of sp³-hybridized carbons (Fsp3) is 0.535. The second-order valence-corrected chi connectivity index (χ2v) is 16.6. The van der Waals surface area contributed by atoms with Gasteiger partial charge in [-0.25, -0.2) is 9.59 Å². The van der Waals surface area contributed by atoms with Gasteiger partial charge < -0.3 is 9.47 Å². The summed E-state index contributed by atoms with van der Waals surface area (Å²) in [6.07, 6.45) is 5.10. The van der Waals surface area contributed by atoms with Gasteiger partial charge in [-0.05, 0) is 148 Å². The molecule has 0 aliphatic heterocycles. The molecule has 4 rings (SSSR count). The van der Waals surface area contributed by atoms with Crippen molar-refractivity contribution in [3.8, 4) is 5.75 Å². The molecule has 254 valence electrons. The Morgan fingerprint density at radius 3 is 1.77 bits per heavy atom. The summed E-state index contributed by atoms with van der Waals surface area (Å²) in [5.41, 5.74) is 8.93. The van der Waals surface area contributed by atoms with E-state index in [1.807, 2.05) is 34.6 Å². The maximum absolute atomic E-state index is 13.5. The van der Waals surface area contributed by atoms with Crippen LogP contribution in [0.2, 0.25) is 0 Å². The van der Waals surface area contributed by atoms with Crippen LogP contribution >= 0.6 is 0 Å². The van der Waals surface area contributed by atoms with Crippen molar-refractivity contribution < 1.29 is 19.1 Å². The van der Waals surface area contributed by atoms with E-state index < -0.39 is 17.5 Å². The topological polar surface area (TPSA) is 52.6 Å². The van der Waals surface area contributed by atoms with Gasteiger partial charge in [0.25, 0.3) is 0 Å². The van der Waals surface area contributed by atoms with E-state index in [1.165, 1.54) is 34.2 Å². The molecule has 3 aromatic carbocycles. The fourth-order valence-corrected chi connectivity index (χ4v) is 8.36. The van der Waals surface area contributed by atoms with Crippen molar-refractivity contribution in [2.45, 2.75) is 139 Å². The summed E-state index contributed by atoms with van der Waals surface area (Å²) in [7, 11) is 0. The third-order valence-electron chi connectivity index (χ3n) is 10.8. The number of aryl methyl sites for hydroxylation is 4. The predicted octanol–water partition coefficient (Wildman–Crippen LogP) is 11.3. The monoisotopic (exact) mass is 638 g/mol. The molecule has 2 unspecified atom stereocenters. The molecular formula is C43H58O4. The number of rotatable bonds is 9. The molecule has 0 radical (unpaired) electrons. The number of carbonyl (C=O) groups is 2. The lowest BCUT2D eigenvalue weighted by atomic mass is 9.55. The summed E-state index contributed by atoms with van der Waals surface area (Å²) in [6, 6.07) is 16.0. The van der Waals surface area contributed by atoms with Gasteiger partial charge in [-0.3, -0.25) is 0 Å². The Morgan fingerprint density at radius 2 is 1.28 bits per heavy atom. The van der Waals surface area contributed by atoms with E-state index in [0.717, 1.165) is 30.4 Å². The second kappa shape index (κ2) is 13.2. The van der Waals surface area contributed by atoms with Crippen molar-refractivity contribution in [1.82, 2.24) is 0 Å². The van der Waals surface area contributed by atoms with E-state index in [9.17, 15) is 9.59 Å². The fourth-order valence-electron chi connectivity index (χ4n) is 8.36. The molecule has 47 heavy (non-hydrogen) atoms. The van der Waals surface area contributed by atoms with Crippen LogP contribution in [0.4, 0.5) is 0 Å². The highest BCUT2D eigenvalue weighted by Crippen LogP contribution is 2.55. The highest BCUT2D eigenvalue weighted by Gasteiger charge is 2.46. The Labute approximate surface area is 284 Å². The van der Waals surface area contributed by atoms with Gasteiger partial charge >= 0.3 is 11.9 Å². The average Bonchev–Trinajstić information content (AvgIpc) is 2.97. The number of benzene rings is 3. The Kier molecular flexibility index (Phi) is 10.3. The highest BCUT2D eigenvalue weighted by atomic mass is 16.6. The highest BCUT2D eigenvalue weighted by molar-refractivity contribution is 5.96. The summed E-state index contributed by atoms with van der Waals surface area (Å²) >= 11 is 0. The summed E-state index contributed by atoms with van der Waals surface area (Å²) in [5, 5.41) is 0. The Morgan fingerprint density at radius 1 is 0.766 bits per heavy atom. The first-order chi connectivity index (χ1) is 21.7. The molecular weight excluding hydrogens is 580 g/mol. The smallest absolute Gasteiger partial charge is 0.343 e. The third kappa shape index (κ3) is 7.68. The zero-order valence-corrected chi connectivity index (χ0v) is 31.4. The van der Waals surface area contributed by atoms with Crippen molar-refractivity contribution in [2.24, 2.45) is 11.3 Å². The molecule has 1 fully saturated rings. The van der Waals surface area contributed by atoms with Crippen LogP contribution in [0.3, 0.4) is 0 Å². The molecule has 2 atom stereocenters. The van der Waals surface area contributed by atoms with Crippen molar-refractivity contribution in [3.05, 3.63) is 98.6 Å². The molecule has 0 aromatic heterocycles.